The highest BCUT2D eigenvalue weighted by Crippen LogP contribution is 2.32. The van der Waals surface area contributed by atoms with Crippen LogP contribution in [0, 0.1) is 0 Å². The maximum absolute atomic E-state index is 12.7. The summed E-state index contributed by atoms with van der Waals surface area (Å²) in [6, 6.07) is 5.39. The molecule has 0 bridgehead atoms. The van der Waals surface area contributed by atoms with Crippen LogP contribution in [0.5, 0.6) is 0 Å². The first-order chi connectivity index (χ1) is 11.0. The van der Waals surface area contributed by atoms with Crippen molar-refractivity contribution in [1.82, 2.24) is 14.5 Å². The summed E-state index contributed by atoms with van der Waals surface area (Å²) in [7, 11) is 0. The number of aryl methyl sites for hydroxylation is 1. The van der Waals surface area contributed by atoms with E-state index in [0.29, 0.717) is 17.4 Å². The fraction of sp³-hybridized carbons (Fsp3) is 0.250. The molecule has 23 heavy (non-hydrogen) atoms. The molecule has 0 unspecified atom stereocenters. The number of fused-ring (bicyclic) bond motifs is 1. The van der Waals surface area contributed by atoms with Crippen molar-refractivity contribution in [2.45, 2.75) is 19.1 Å². The molecule has 3 aromatic rings. The number of benzene rings is 1. The monoisotopic (exact) mass is 320 g/mol. The number of hydrogen-bond acceptors (Lipinski definition) is 3. The average molecular weight is 320 g/mol. The fourth-order valence-corrected chi connectivity index (χ4v) is 2.38. The zero-order chi connectivity index (χ0) is 16.3. The molecule has 2 aromatic heterocycles. The number of rotatable bonds is 5. The summed E-state index contributed by atoms with van der Waals surface area (Å²) in [6.45, 7) is 1.53. The second-order valence-corrected chi connectivity index (χ2v) is 5.17. The van der Waals surface area contributed by atoms with Gasteiger partial charge in [-0.3, -0.25) is 4.98 Å². The van der Waals surface area contributed by atoms with Gasteiger partial charge in [0.05, 0.1) is 17.4 Å². The molecule has 0 saturated heterocycles. The van der Waals surface area contributed by atoms with E-state index in [-0.39, 0.29) is 0 Å². The summed E-state index contributed by atoms with van der Waals surface area (Å²) in [5.41, 5.74) is 0.434. The molecule has 0 radical (unpaired) electrons. The van der Waals surface area contributed by atoms with Crippen molar-refractivity contribution in [3.8, 4) is 0 Å². The third-order valence-corrected chi connectivity index (χ3v) is 3.54. The van der Waals surface area contributed by atoms with Gasteiger partial charge in [-0.05, 0) is 24.6 Å². The lowest BCUT2D eigenvalue weighted by atomic mass is 10.1. The van der Waals surface area contributed by atoms with E-state index in [0.717, 1.165) is 30.8 Å². The van der Waals surface area contributed by atoms with Crippen molar-refractivity contribution in [3.05, 3.63) is 54.7 Å². The molecule has 2 heterocycles. The molecule has 0 amide bonds. The van der Waals surface area contributed by atoms with Crippen LogP contribution in [0.1, 0.15) is 12.0 Å². The van der Waals surface area contributed by atoms with Gasteiger partial charge < -0.3 is 9.88 Å². The number of pyridine rings is 1. The Hall–Kier alpha value is -2.57. The minimum absolute atomic E-state index is 0.333. The van der Waals surface area contributed by atoms with Gasteiger partial charge in [-0.2, -0.15) is 13.2 Å². The van der Waals surface area contributed by atoms with Gasteiger partial charge in [-0.15, -0.1) is 0 Å². The molecule has 120 valence electrons. The molecule has 1 N–H and O–H groups in total. The minimum atomic E-state index is -4.36. The second-order valence-electron chi connectivity index (χ2n) is 5.17. The molecule has 0 aliphatic carbocycles. The Balaban J connectivity index is 1.71. The van der Waals surface area contributed by atoms with Gasteiger partial charge in [0.1, 0.15) is 0 Å². The predicted octanol–water partition coefficient (Wildman–Crippen LogP) is 3.95. The van der Waals surface area contributed by atoms with E-state index in [1.165, 1.54) is 12.3 Å². The first-order valence-electron chi connectivity index (χ1n) is 7.19. The summed E-state index contributed by atoms with van der Waals surface area (Å²) in [5, 5.41) is 3.94. The van der Waals surface area contributed by atoms with E-state index in [4.69, 9.17) is 0 Å². The molecular weight excluding hydrogens is 305 g/mol. The largest absolute Gasteiger partial charge is 0.416 e. The topological polar surface area (TPSA) is 42.7 Å². The molecule has 0 atom stereocenters. The van der Waals surface area contributed by atoms with E-state index in [9.17, 15) is 13.2 Å². The van der Waals surface area contributed by atoms with Crippen molar-refractivity contribution >= 4 is 16.6 Å². The van der Waals surface area contributed by atoms with E-state index < -0.39 is 11.7 Å². The van der Waals surface area contributed by atoms with E-state index in [1.807, 2.05) is 10.8 Å². The summed E-state index contributed by atoms with van der Waals surface area (Å²) in [4.78, 5) is 8.00. The number of aromatic nitrogens is 3. The van der Waals surface area contributed by atoms with E-state index >= 15 is 0 Å². The van der Waals surface area contributed by atoms with Crippen molar-refractivity contribution < 1.29 is 13.2 Å². The molecule has 7 heteroatoms. The number of alkyl halides is 3. The second kappa shape index (κ2) is 6.28. The van der Waals surface area contributed by atoms with Gasteiger partial charge in [0.15, 0.2) is 0 Å². The molecule has 0 fully saturated rings. The number of imidazole rings is 1. The van der Waals surface area contributed by atoms with Crippen molar-refractivity contribution in [2.75, 3.05) is 11.9 Å². The third kappa shape index (κ3) is 3.61. The quantitative estimate of drug-likeness (QED) is 0.724. The SMILES string of the molecule is FC(F)(F)c1ccc2c(NCCCn3ccnc3)ccnc2c1. The van der Waals surface area contributed by atoms with Crippen LogP contribution < -0.4 is 5.32 Å². The maximum Gasteiger partial charge on any atom is 0.416 e. The highest BCUT2D eigenvalue weighted by atomic mass is 19.4. The Morgan fingerprint density at radius 1 is 1.13 bits per heavy atom. The van der Waals surface area contributed by atoms with Crippen LogP contribution in [-0.2, 0) is 12.7 Å². The Morgan fingerprint density at radius 2 is 2.00 bits per heavy atom. The van der Waals surface area contributed by atoms with Crippen molar-refractivity contribution in [1.29, 1.82) is 0 Å². The number of nitrogens with one attached hydrogen (secondary N) is 1. The summed E-state index contributed by atoms with van der Waals surface area (Å²) >= 11 is 0. The van der Waals surface area contributed by atoms with Crippen LogP contribution >= 0.6 is 0 Å². The first kappa shape index (κ1) is 15.3. The number of hydrogen-bond donors (Lipinski definition) is 1. The van der Waals surface area contributed by atoms with Crippen LogP contribution in [0.2, 0.25) is 0 Å². The zero-order valence-corrected chi connectivity index (χ0v) is 12.2. The van der Waals surface area contributed by atoms with E-state index in [2.05, 4.69) is 15.3 Å². The molecule has 1 aromatic carbocycles. The van der Waals surface area contributed by atoms with Gasteiger partial charge >= 0.3 is 6.18 Å². The highest BCUT2D eigenvalue weighted by Gasteiger charge is 2.30. The van der Waals surface area contributed by atoms with Crippen molar-refractivity contribution in [2.24, 2.45) is 0 Å². The molecule has 4 nitrogen and oxygen atoms in total. The fourth-order valence-electron chi connectivity index (χ4n) is 2.38. The summed E-state index contributed by atoms with van der Waals surface area (Å²) in [5.74, 6) is 0. The maximum atomic E-state index is 12.7. The van der Waals surface area contributed by atoms with Gasteiger partial charge in [0.2, 0.25) is 0 Å². The number of anilines is 1. The average Bonchev–Trinajstić information content (AvgIpc) is 3.03. The van der Waals surface area contributed by atoms with Gasteiger partial charge in [-0.25, -0.2) is 4.98 Å². The van der Waals surface area contributed by atoms with Crippen LogP contribution in [0.15, 0.2) is 49.2 Å². The molecule has 0 aliphatic rings. The van der Waals surface area contributed by atoms with Crippen LogP contribution in [0.25, 0.3) is 10.9 Å². The molecule has 3 rings (SSSR count). The minimum Gasteiger partial charge on any atom is -0.384 e. The first-order valence-corrected chi connectivity index (χ1v) is 7.19. The molecule has 0 saturated carbocycles. The third-order valence-electron chi connectivity index (χ3n) is 3.54. The van der Waals surface area contributed by atoms with E-state index in [1.54, 1.807) is 18.6 Å². The van der Waals surface area contributed by atoms with Crippen molar-refractivity contribution in [3.63, 3.8) is 0 Å². The van der Waals surface area contributed by atoms with Crippen LogP contribution in [0.3, 0.4) is 0 Å². The van der Waals surface area contributed by atoms with Crippen LogP contribution in [-0.4, -0.2) is 21.1 Å². The number of halogens is 3. The Bertz CT molecular complexity index is 782. The normalized spacial score (nSPS) is 11.8. The smallest absolute Gasteiger partial charge is 0.384 e. The lowest BCUT2D eigenvalue weighted by Gasteiger charge is -2.11. The Morgan fingerprint density at radius 3 is 2.74 bits per heavy atom. The predicted molar refractivity (Wildman–Crippen MR) is 82.1 cm³/mol. The van der Waals surface area contributed by atoms with Gasteiger partial charge in [0, 0.05) is 42.8 Å². The molecule has 0 aliphatic heterocycles. The van der Waals surface area contributed by atoms with Crippen LogP contribution in [0.4, 0.5) is 18.9 Å². The highest BCUT2D eigenvalue weighted by molar-refractivity contribution is 5.91. The van der Waals surface area contributed by atoms with Gasteiger partial charge in [-0.1, -0.05) is 6.07 Å². The standard InChI is InChI=1S/C16H15F3N4/c17-16(18,19)12-2-3-13-14(4-6-22-15(13)10-12)21-5-1-8-23-9-7-20-11-23/h2-4,6-7,9-11H,1,5,8H2,(H,21,22). The summed E-state index contributed by atoms with van der Waals surface area (Å²) in [6.07, 6.45) is 3.40. The lowest BCUT2D eigenvalue weighted by Crippen LogP contribution is -2.07. The zero-order valence-electron chi connectivity index (χ0n) is 12.2. The molecule has 0 spiro atoms. The molecular formula is C16H15F3N4. The Labute approximate surface area is 131 Å². The lowest BCUT2D eigenvalue weighted by molar-refractivity contribution is -0.137. The Kier molecular flexibility index (Phi) is 4.18. The number of nitrogens with zero attached hydrogens (tertiary/aromatic N) is 3. The summed E-state index contributed by atoms with van der Waals surface area (Å²) < 4.78 is 40.2. The van der Waals surface area contributed by atoms with Gasteiger partial charge in [0.25, 0.3) is 0 Å².